The lowest BCUT2D eigenvalue weighted by Gasteiger charge is -2.26. The minimum atomic E-state index is 0.634. The smallest absolute Gasteiger partial charge is 0.241 e. The summed E-state index contributed by atoms with van der Waals surface area (Å²) in [5.41, 5.74) is 0.933. The minimum absolute atomic E-state index is 0.634. The lowest BCUT2D eigenvalue weighted by atomic mass is 10.1. The quantitative estimate of drug-likeness (QED) is 0.807. The van der Waals surface area contributed by atoms with Crippen LogP contribution in [0.15, 0.2) is 28.8 Å². The van der Waals surface area contributed by atoms with Gasteiger partial charge in [0.05, 0.1) is 6.54 Å². The number of hydrogen-bond acceptors (Lipinski definition) is 4. The van der Waals surface area contributed by atoms with Gasteiger partial charge in [0.25, 0.3) is 0 Å². The summed E-state index contributed by atoms with van der Waals surface area (Å²) in [5, 5.41) is 4.81. The van der Waals surface area contributed by atoms with E-state index in [1.54, 1.807) is 0 Å². The van der Waals surface area contributed by atoms with Crippen LogP contribution in [0.3, 0.4) is 0 Å². The first-order chi connectivity index (χ1) is 10.7. The van der Waals surface area contributed by atoms with Crippen molar-refractivity contribution >= 4 is 11.6 Å². The summed E-state index contributed by atoms with van der Waals surface area (Å²) in [6.07, 6.45) is 5.52. The molecule has 22 heavy (non-hydrogen) atoms. The van der Waals surface area contributed by atoms with E-state index in [1.165, 1.54) is 25.7 Å². The fraction of sp³-hybridized carbons (Fsp3) is 0.529. The van der Waals surface area contributed by atoms with Crippen molar-refractivity contribution in [2.24, 2.45) is 11.8 Å². The molecule has 2 saturated carbocycles. The van der Waals surface area contributed by atoms with Crippen LogP contribution < -0.4 is 0 Å². The highest BCUT2D eigenvalue weighted by molar-refractivity contribution is 6.30. The standard InChI is InChI=1S/C17H20ClN3O/c1-21(16(11-2-3-11)12-4-5-12)10-15-19-17(20-22-15)13-6-8-14(18)9-7-13/h6-9,11-12,16H,2-5,10H2,1H3. The molecule has 0 bridgehead atoms. The van der Waals surface area contributed by atoms with Gasteiger partial charge in [-0.1, -0.05) is 16.8 Å². The lowest BCUT2D eigenvalue weighted by molar-refractivity contribution is 0.165. The van der Waals surface area contributed by atoms with E-state index in [2.05, 4.69) is 22.1 Å². The van der Waals surface area contributed by atoms with E-state index in [9.17, 15) is 0 Å². The van der Waals surface area contributed by atoms with Gasteiger partial charge in [-0.25, -0.2) is 0 Å². The van der Waals surface area contributed by atoms with Crippen LogP contribution in [0.4, 0.5) is 0 Å². The van der Waals surface area contributed by atoms with Crippen molar-refractivity contribution in [2.45, 2.75) is 38.3 Å². The minimum Gasteiger partial charge on any atom is -0.338 e. The summed E-state index contributed by atoms with van der Waals surface area (Å²) >= 11 is 5.91. The van der Waals surface area contributed by atoms with E-state index in [0.717, 1.165) is 23.9 Å². The van der Waals surface area contributed by atoms with Gasteiger partial charge < -0.3 is 4.52 Å². The van der Waals surface area contributed by atoms with E-state index in [-0.39, 0.29) is 0 Å². The SMILES string of the molecule is CN(Cc1nc(-c2ccc(Cl)cc2)no1)C(C1CC1)C1CC1. The Bertz CT molecular complexity index is 634. The Balaban J connectivity index is 1.46. The molecule has 2 aliphatic rings. The van der Waals surface area contributed by atoms with Gasteiger partial charge in [-0.15, -0.1) is 0 Å². The highest BCUT2D eigenvalue weighted by Crippen LogP contribution is 2.47. The molecule has 1 aromatic heterocycles. The number of benzene rings is 1. The van der Waals surface area contributed by atoms with E-state index >= 15 is 0 Å². The van der Waals surface area contributed by atoms with E-state index < -0.39 is 0 Å². The molecule has 1 heterocycles. The largest absolute Gasteiger partial charge is 0.338 e. The molecule has 0 unspecified atom stereocenters. The molecule has 0 aliphatic heterocycles. The number of hydrogen-bond donors (Lipinski definition) is 0. The highest BCUT2D eigenvalue weighted by Gasteiger charge is 2.43. The molecule has 0 atom stereocenters. The number of nitrogens with zero attached hydrogens (tertiary/aromatic N) is 3. The van der Waals surface area contributed by atoms with Gasteiger partial charge in [0.15, 0.2) is 0 Å². The maximum absolute atomic E-state index is 5.91. The fourth-order valence-corrected chi connectivity index (χ4v) is 3.46. The average molecular weight is 318 g/mol. The normalized spacial score (nSPS) is 18.4. The molecule has 0 amide bonds. The second-order valence-electron chi connectivity index (χ2n) is 6.60. The Morgan fingerprint density at radius 1 is 1.18 bits per heavy atom. The number of halogens is 1. The molecule has 5 heteroatoms. The van der Waals surface area contributed by atoms with Crippen LogP contribution in [-0.2, 0) is 6.54 Å². The van der Waals surface area contributed by atoms with Gasteiger partial charge in [-0.3, -0.25) is 4.90 Å². The van der Waals surface area contributed by atoms with Crippen molar-refractivity contribution in [3.8, 4) is 11.4 Å². The monoisotopic (exact) mass is 317 g/mol. The van der Waals surface area contributed by atoms with Crippen molar-refractivity contribution in [3.05, 3.63) is 35.2 Å². The zero-order valence-electron chi connectivity index (χ0n) is 12.7. The summed E-state index contributed by atoms with van der Waals surface area (Å²) in [5.74, 6) is 3.10. The second kappa shape index (κ2) is 5.67. The molecule has 2 aromatic rings. The number of rotatable bonds is 6. The zero-order chi connectivity index (χ0) is 15.1. The van der Waals surface area contributed by atoms with Gasteiger partial charge in [-0.2, -0.15) is 4.98 Å². The maximum Gasteiger partial charge on any atom is 0.241 e. The zero-order valence-corrected chi connectivity index (χ0v) is 13.5. The third kappa shape index (κ3) is 3.03. The van der Waals surface area contributed by atoms with Crippen LogP contribution in [0, 0.1) is 11.8 Å². The van der Waals surface area contributed by atoms with Crippen molar-refractivity contribution in [2.75, 3.05) is 7.05 Å². The summed E-state index contributed by atoms with van der Waals surface area (Å²) in [4.78, 5) is 6.94. The first-order valence-corrected chi connectivity index (χ1v) is 8.37. The van der Waals surface area contributed by atoms with Crippen LogP contribution in [0.1, 0.15) is 31.6 Å². The molecule has 116 valence electrons. The third-order valence-corrected chi connectivity index (χ3v) is 4.93. The lowest BCUT2D eigenvalue weighted by Crippen LogP contribution is -2.34. The number of aromatic nitrogens is 2. The Labute approximate surface area is 135 Å². The molecule has 0 radical (unpaired) electrons. The summed E-state index contributed by atoms with van der Waals surface area (Å²) in [6.45, 7) is 0.734. The summed E-state index contributed by atoms with van der Waals surface area (Å²) in [7, 11) is 2.19. The van der Waals surface area contributed by atoms with Gasteiger partial charge in [0.1, 0.15) is 0 Å². The first-order valence-electron chi connectivity index (χ1n) is 7.99. The molecule has 4 rings (SSSR count). The van der Waals surface area contributed by atoms with Gasteiger partial charge in [-0.05, 0) is 68.8 Å². The molecule has 4 nitrogen and oxygen atoms in total. The fourth-order valence-electron chi connectivity index (χ4n) is 3.33. The van der Waals surface area contributed by atoms with Crippen LogP contribution >= 0.6 is 11.6 Å². The predicted octanol–water partition coefficient (Wildman–Crippen LogP) is 4.01. The topological polar surface area (TPSA) is 42.2 Å². The van der Waals surface area contributed by atoms with Crippen LogP contribution in [0.5, 0.6) is 0 Å². The van der Waals surface area contributed by atoms with Gasteiger partial charge in [0, 0.05) is 16.6 Å². The molecule has 2 aliphatic carbocycles. The Morgan fingerprint density at radius 2 is 1.82 bits per heavy atom. The molecule has 0 spiro atoms. The van der Waals surface area contributed by atoms with Gasteiger partial charge >= 0.3 is 0 Å². The molecular formula is C17H20ClN3O. The van der Waals surface area contributed by atoms with Crippen molar-refractivity contribution in [3.63, 3.8) is 0 Å². The molecular weight excluding hydrogens is 298 g/mol. The van der Waals surface area contributed by atoms with Crippen LogP contribution in [0.2, 0.25) is 5.02 Å². The maximum atomic E-state index is 5.91. The van der Waals surface area contributed by atoms with Crippen molar-refractivity contribution in [1.82, 2.24) is 15.0 Å². The van der Waals surface area contributed by atoms with Crippen LogP contribution in [-0.4, -0.2) is 28.1 Å². The van der Waals surface area contributed by atoms with Crippen molar-refractivity contribution in [1.29, 1.82) is 0 Å². The molecule has 0 saturated heterocycles. The van der Waals surface area contributed by atoms with E-state index in [0.29, 0.717) is 22.8 Å². The summed E-state index contributed by atoms with van der Waals surface area (Å²) < 4.78 is 5.43. The molecule has 1 aromatic carbocycles. The first kappa shape index (κ1) is 14.2. The van der Waals surface area contributed by atoms with E-state index in [4.69, 9.17) is 16.1 Å². The summed E-state index contributed by atoms with van der Waals surface area (Å²) in [6, 6.07) is 8.21. The van der Waals surface area contributed by atoms with Crippen molar-refractivity contribution < 1.29 is 4.52 Å². The Kier molecular flexibility index (Phi) is 3.66. The van der Waals surface area contributed by atoms with Gasteiger partial charge in [0.2, 0.25) is 11.7 Å². The third-order valence-electron chi connectivity index (χ3n) is 4.67. The Morgan fingerprint density at radius 3 is 2.41 bits per heavy atom. The molecule has 2 fully saturated rings. The van der Waals surface area contributed by atoms with Crippen LogP contribution in [0.25, 0.3) is 11.4 Å². The second-order valence-corrected chi connectivity index (χ2v) is 7.04. The average Bonchev–Trinajstić information content (AvgIpc) is 3.43. The Hall–Kier alpha value is -1.39. The van der Waals surface area contributed by atoms with E-state index in [1.807, 2.05) is 24.3 Å². The molecule has 0 N–H and O–H groups in total. The predicted molar refractivity (Wildman–Crippen MR) is 85.4 cm³/mol. The highest BCUT2D eigenvalue weighted by atomic mass is 35.5.